The molecule has 250 valence electrons. The summed E-state index contributed by atoms with van der Waals surface area (Å²) in [5, 5.41) is 0. The number of aromatic nitrogens is 4. The molecule has 0 spiro atoms. The minimum atomic E-state index is -4.94. The summed E-state index contributed by atoms with van der Waals surface area (Å²) in [5.41, 5.74) is 3.66. The Morgan fingerprint density at radius 3 is 0.511 bits per heavy atom. The van der Waals surface area contributed by atoms with Gasteiger partial charge < -0.3 is 0 Å². The topological polar surface area (TPSA) is 421 Å². The van der Waals surface area contributed by atoms with Gasteiger partial charge in [-0.25, -0.2) is 74.5 Å². The summed E-state index contributed by atoms with van der Waals surface area (Å²) in [6.45, 7) is 0. The molecule has 0 bridgehead atoms. The summed E-state index contributed by atoms with van der Waals surface area (Å²) in [6.07, 6.45) is 7.07. The molecule has 25 heteroatoms. The first-order valence-corrected chi connectivity index (χ1v) is 15.0. The van der Waals surface area contributed by atoms with Gasteiger partial charge in [0.2, 0.25) is 0 Å². The monoisotopic (exact) mass is 903 g/mol. The van der Waals surface area contributed by atoms with Crippen LogP contribution in [-0.4, -0.2) is 19.9 Å². The Morgan fingerprint density at radius 2 is 0.422 bits per heavy atom. The molecule has 0 aromatic carbocycles. The van der Waals surface area contributed by atoms with Crippen LogP contribution in [0.1, 0.15) is 0 Å². The number of pyridine rings is 4. The van der Waals surface area contributed by atoms with E-state index in [0.717, 1.165) is 22.8 Å². The summed E-state index contributed by atoms with van der Waals surface area (Å²) in [5.74, 6) is 0. The van der Waals surface area contributed by atoms with Gasteiger partial charge in [0.05, 0.1) is 22.8 Å². The maximum atomic E-state index is 8.49. The molecule has 0 radical (unpaired) electrons. The van der Waals surface area contributed by atoms with E-state index >= 15 is 0 Å². The average Bonchev–Trinajstić information content (AvgIpc) is 2.87. The van der Waals surface area contributed by atoms with E-state index in [1.54, 1.807) is 24.8 Å². The van der Waals surface area contributed by atoms with Crippen LogP contribution in [0, 0.1) is 41.0 Å². The second-order valence-electron chi connectivity index (χ2n) is 6.37. The Labute approximate surface area is 275 Å². The van der Waals surface area contributed by atoms with Gasteiger partial charge in [-0.05, 0) is 48.5 Å². The van der Waals surface area contributed by atoms with Crippen LogP contribution in [0.25, 0.3) is 22.8 Å². The molecule has 4 rings (SSSR count). The smallest absolute Gasteiger partial charge is 0.255 e. The molecule has 0 saturated carbocycles. The molecule has 4 aromatic rings. The first-order valence-electron chi connectivity index (χ1n) is 10.1. The fourth-order valence-electron chi connectivity index (χ4n) is 2.06. The molecular weight excluding hydrogens is 889 g/mol. The Bertz CT molecular complexity index is 1020. The summed E-state index contributed by atoms with van der Waals surface area (Å²) < 4.78 is 136. The number of hydrogen-bond acceptors (Lipinski definition) is 20. The first-order chi connectivity index (χ1) is 19.9. The van der Waals surface area contributed by atoms with E-state index < -0.39 is 41.0 Å². The Morgan fingerprint density at radius 1 is 0.289 bits per heavy atom. The van der Waals surface area contributed by atoms with Gasteiger partial charge in [-0.2, -0.15) is 0 Å². The molecule has 45 heavy (non-hydrogen) atoms. The van der Waals surface area contributed by atoms with Crippen molar-refractivity contribution in [3.05, 3.63) is 97.6 Å². The zero-order chi connectivity index (χ0) is 34.5. The molecule has 0 unspecified atom stereocenters. The molecule has 0 amide bonds. The minimum Gasteiger partial charge on any atom is -0.255 e. The molecule has 0 fully saturated rings. The summed E-state index contributed by atoms with van der Waals surface area (Å²) in [6, 6.07) is 23.2. The van der Waals surface area contributed by atoms with E-state index in [4.69, 9.17) is 74.5 Å². The summed E-state index contributed by atoms with van der Waals surface area (Å²) >= 11 is 0. The molecule has 0 aliphatic carbocycles. The van der Waals surface area contributed by atoms with Crippen molar-refractivity contribution in [3.8, 4) is 22.8 Å². The molecule has 4 heterocycles. The maximum absolute atomic E-state index is 8.49. The molecule has 0 saturated heterocycles. The van der Waals surface area contributed by atoms with Gasteiger partial charge in [0.25, 0.3) is 0 Å². The number of nitrogens with zero attached hydrogens (tertiary/aromatic N) is 4. The molecular formula is C20H16Cl4N4O16Pt. The zero-order valence-corrected chi connectivity index (χ0v) is 26.7. The SMILES string of the molecule is [O-][Cl+3]([O-])([O-])[O-].[O-][Cl+3]([O-])([O-])[O-].[O-][Cl+3]([O-])([O-])[O-].[O-][Cl+3]([O-])([O-])[O-].[Pt+4].c1ccc(-c2ccccn2)nc1.c1ccc(-c2ccccn2)nc1. The van der Waals surface area contributed by atoms with Crippen molar-refractivity contribution < 1.29 is 137 Å². The van der Waals surface area contributed by atoms with Gasteiger partial charge >= 0.3 is 21.1 Å². The zero-order valence-electron chi connectivity index (χ0n) is 21.4. The van der Waals surface area contributed by atoms with E-state index in [9.17, 15) is 0 Å². The maximum Gasteiger partial charge on any atom is 4.00 e. The second kappa shape index (κ2) is 24.0. The predicted octanol–water partition coefficient (Wildman–Crippen LogP) is -14.7. The molecule has 0 N–H and O–H groups in total. The van der Waals surface area contributed by atoms with Gasteiger partial charge in [-0.3, -0.25) is 19.9 Å². The number of halogens is 4. The molecule has 0 aliphatic rings. The van der Waals surface area contributed by atoms with Crippen molar-refractivity contribution in [1.29, 1.82) is 0 Å². The van der Waals surface area contributed by atoms with Gasteiger partial charge in [-0.15, -0.1) is 41.0 Å². The molecule has 0 atom stereocenters. The average molecular weight is 905 g/mol. The van der Waals surface area contributed by atoms with Crippen molar-refractivity contribution in [1.82, 2.24) is 19.9 Å². The summed E-state index contributed by atoms with van der Waals surface area (Å²) in [4.78, 5) is 16.7. The van der Waals surface area contributed by atoms with E-state index in [0.29, 0.717) is 0 Å². The number of rotatable bonds is 2. The third kappa shape index (κ3) is 46.3. The fraction of sp³-hybridized carbons (Fsp3) is 0. The van der Waals surface area contributed by atoms with Crippen LogP contribution in [0.5, 0.6) is 0 Å². The second-order valence-corrected chi connectivity index (χ2v) is 9.40. The van der Waals surface area contributed by atoms with Crippen molar-refractivity contribution in [2.75, 3.05) is 0 Å². The third-order valence-electron chi connectivity index (χ3n) is 3.18. The molecule has 20 nitrogen and oxygen atoms in total. The Balaban J connectivity index is -0.000000499. The van der Waals surface area contributed by atoms with Gasteiger partial charge in [0.1, 0.15) is 0 Å². The van der Waals surface area contributed by atoms with E-state index in [2.05, 4.69) is 19.9 Å². The third-order valence-corrected chi connectivity index (χ3v) is 3.18. The van der Waals surface area contributed by atoms with E-state index in [-0.39, 0.29) is 21.1 Å². The van der Waals surface area contributed by atoms with Crippen LogP contribution in [0.4, 0.5) is 0 Å². The fourth-order valence-corrected chi connectivity index (χ4v) is 2.06. The van der Waals surface area contributed by atoms with Crippen LogP contribution in [0.2, 0.25) is 0 Å². The van der Waals surface area contributed by atoms with Crippen molar-refractivity contribution >= 4 is 0 Å². The van der Waals surface area contributed by atoms with Crippen molar-refractivity contribution in [2.45, 2.75) is 0 Å². The Kier molecular flexibility index (Phi) is 25.2. The van der Waals surface area contributed by atoms with Crippen molar-refractivity contribution in [2.24, 2.45) is 0 Å². The van der Waals surface area contributed by atoms with Crippen LogP contribution >= 0.6 is 0 Å². The van der Waals surface area contributed by atoms with E-state index in [1.165, 1.54) is 0 Å². The predicted molar refractivity (Wildman–Crippen MR) is 94.9 cm³/mol. The standard InChI is InChI=1S/2C10H8N2.4ClHO4.Pt/c2*1-3-7-11-9(5-1)10-6-2-4-8-12-10;4*2-1(3,4)5;/h2*1-8H;4*(H,2,3,4,5);/q;;;;;;+4/p-4. The minimum absolute atomic E-state index is 0. The van der Waals surface area contributed by atoms with Gasteiger partial charge in [0.15, 0.2) is 0 Å². The van der Waals surface area contributed by atoms with Gasteiger partial charge in [-0.1, -0.05) is 24.3 Å². The van der Waals surface area contributed by atoms with Crippen molar-refractivity contribution in [3.63, 3.8) is 0 Å². The molecule has 0 aliphatic heterocycles. The van der Waals surface area contributed by atoms with Crippen LogP contribution in [-0.2, 0) is 21.1 Å². The quantitative estimate of drug-likeness (QED) is 0.180. The number of hydrogen-bond donors (Lipinski definition) is 0. The van der Waals surface area contributed by atoms with Crippen LogP contribution in [0.3, 0.4) is 0 Å². The van der Waals surface area contributed by atoms with Crippen LogP contribution in [0.15, 0.2) is 97.6 Å². The normalized spacial score (nSPS) is 10.5. The Hall–Kier alpha value is -2.19. The van der Waals surface area contributed by atoms with E-state index in [1.807, 2.05) is 72.8 Å². The molecule has 4 aromatic heterocycles. The summed E-state index contributed by atoms with van der Waals surface area (Å²) in [7, 11) is -19.8. The first kappa shape index (κ1) is 47.2. The van der Waals surface area contributed by atoms with Crippen LogP contribution < -0.4 is 74.5 Å². The largest absolute Gasteiger partial charge is 4.00 e. The van der Waals surface area contributed by atoms with Gasteiger partial charge in [0, 0.05) is 24.8 Å².